The Hall–Kier alpha value is -2.64. The van der Waals surface area contributed by atoms with Gasteiger partial charge in [-0.2, -0.15) is 0 Å². The number of hydrogen-bond acceptors (Lipinski definition) is 3. The van der Waals surface area contributed by atoms with Crippen LogP contribution in [0.5, 0.6) is 0 Å². The molecule has 0 aliphatic rings. The molecule has 0 amide bonds. The van der Waals surface area contributed by atoms with E-state index in [2.05, 4.69) is 0 Å². The van der Waals surface area contributed by atoms with Gasteiger partial charge in [0.05, 0.1) is 17.0 Å². The molecule has 0 aromatic heterocycles. The second-order valence-corrected chi connectivity index (χ2v) is 7.67. The van der Waals surface area contributed by atoms with Crippen molar-refractivity contribution >= 4 is 23.9 Å². The summed E-state index contributed by atoms with van der Waals surface area (Å²) >= 11 is 0. The van der Waals surface area contributed by atoms with Gasteiger partial charge in [-0.05, 0) is 29.8 Å². The van der Waals surface area contributed by atoms with Crippen LogP contribution in [0.3, 0.4) is 0 Å². The van der Waals surface area contributed by atoms with E-state index in [9.17, 15) is 9.36 Å². The number of rotatable bonds is 5. The van der Waals surface area contributed by atoms with E-state index in [0.29, 0.717) is 10.6 Å². The van der Waals surface area contributed by atoms with Crippen LogP contribution in [0.25, 0.3) is 0 Å². The lowest BCUT2D eigenvalue weighted by Gasteiger charge is -2.19. The van der Waals surface area contributed by atoms with Gasteiger partial charge in [0.15, 0.2) is 0 Å². The summed E-state index contributed by atoms with van der Waals surface area (Å²) in [5.41, 5.74) is 0.829. The van der Waals surface area contributed by atoms with Gasteiger partial charge in [-0.15, -0.1) is 0 Å². The standard InChI is InChI=1S/C20H17O3P/c21-20(16-17-10-4-1-5-11-17)23-24(22,18-12-6-2-7-13-18)19-14-8-3-9-15-19/h1-15H,16H2. The van der Waals surface area contributed by atoms with Crippen molar-refractivity contribution in [1.29, 1.82) is 0 Å². The third-order valence-corrected chi connectivity index (χ3v) is 6.03. The lowest BCUT2D eigenvalue weighted by atomic mass is 10.2. The second kappa shape index (κ2) is 7.29. The molecule has 120 valence electrons. The fourth-order valence-electron chi connectivity index (χ4n) is 2.44. The van der Waals surface area contributed by atoms with Crippen molar-refractivity contribution in [1.82, 2.24) is 0 Å². The minimum Gasteiger partial charge on any atom is -0.404 e. The summed E-state index contributed by atoms with van der Waals surface area (Å²) < 4.78 is 19.1. The minimum atomic E-state index is -3.47. The van der Waals surface area contributed by atoms with Gasteiger partial charge in [0.2, 0.25) is 0 Å². The van der Waals surface area contributed by atoms with Gasteiger partial charge in [-0.1, -0.05) is 66.7 Å². The highest BCUT2D eigenvalue weighted by Gasteiger charge is 2.31. The van der Waals surface area contributed by atoms with Gasteiger partial charge in [0, 0.05) is 0 Å². The molecule has 0 spiro atoms. The van der Waals surface area contributed by atoms with E-state index in [1.165, 1.54) is 0 Å². The van der Waals surface area contributed by atoms with Crippen LogP contribution in [0, 0.1) is 0 Å². The molecule has 0 atom stereocenters. The Kier molecular flexibility index (Phi) is 4.93. The van der Waals surface area contributed by atoms with Gasteiger partial charge in [0.1, 0.15) is 0 Å². The minimum absolute atomic E-state index is 0.0878. The molecule has 3 nitrogen and oxygen atoms in total. The first-order valence-corrected chi connectivity index (χ1v) is 9.28. The molecule has 0 bridgehead atoms. The molecule has 0 saturated carbocycles. The predicted octanol–water partition coefficient (Wildman–Crippen LogP) is 3.70. The Balaban J connectivity index is 1.92. The van der Waals surface area contributed by atoms with E-state index in [4.69, 9.17) is 4.52 Å². The van der Waals surface area contributed by atoms with E-state index >= 15 is 0 Å². The maximum atomic E-state index is 13.6. The van der Waals surface area contributed by atoms with E-state index in [-0.39, 0.29) is 6.42 Å². The van der Waals surface area contributed by atoms with Crippen LogP contribution in [0.2, 0.25) is 0 Å². The third-order valence-electron chi connectivity index (χ3n) is 3.61. The Labute approximate surface area is 141 Å². The van der Waals surface area contributed by atoms with E-state index < -0.39 is 13.3 Å². The third kappa shape index (κ3) is 3.64. The normalized spacial score (nSPS) is 11.0. The zero-order chi connectivity index (χ0) is 16.8. The zero-order valence-corrected chi connectivity index (χ0v) is 13.9. The maximum Gasteiger partial charge on any atom is 0.315 e. The molecular weight excluding hydrogens is 319 g/mol. The topological polar surface area (TPSA) is 43.4 Å². The number of carbonyl (C=O) groups is 1. The Morgan fingerprint density at radius 2 is 1.12 bits per heavy atom. The van der Waals surface area contributed by atoms with Crippen LogP contribution in [-0.2, 0) is 20.3 Å². The van der Waals surface area contributed by atoms with Crippen LogP contribution in [0.15, 0.2) is 91.0 Å². The fraction of sp³-hybridized carbons (Fsp3) is 0.0500. The lowest BCUT2D eigenvalue weighted by Crippen LogP contribution is -2.21. The van der Waals surface area contributed by atoms with Crippen LogP contribution < -0.4 is 10.6 Å². The smallest absolute Gasteiger partial charge is 0.315 e. The molecule has 0 aliphatic heterocycles. The van der Waals surface area contributed by atoms with Crippen molar-refractivity contribution in [2.45, 2.75) is 6.42 Å². The fourth-order valence-corrected chi connectivity index (χ4v) is 4.43. The van der Waals surface area contributed by atoms with Gasteiger partial charge in [-0.25, -0.2) is 0 Å². The Morgan fingerprint density at radius 3 is 1.58 bits per heavy atom. The van der Waals surface area contributed by atoms with Crippen molar-refractivity contribution in [3.8, 4) is 0 Å². The molecule has 24 heavy (non-hydrogen) atoms. The summed E-state index contributed by atoms with van der Waals surface area (Å²) in [6.45, 7) is 0. The first-order chi connectivity index (χ1) is 11.7. The van der Waals surface area contributed by atoms with Crippen molar-refractivity contribution in [3.05, 3.63) is 96.6 Å². The predicted molar refractivity (Wildman–Crippen MR) is 96.0 cm³/mol. The summed E-state index contributed by atoms with van der Waals surface area (Å²) in [4.78, 5) is 12.4. The van der Waals surface area contributed by atoms with Crippen LogP contribution in [0.4, 0.5) is 0 Å². The SMILES string of the molecule is O=C(Cc1ccccc1)OP(=O)(c1ccccc1)c1ccccc1. The average molecular weight is 336 g/mol. The van der Waals surface area contributed by atoms with E-state index in [0.717, 1.165) is 5.56 Å². The van der Waals surface area contributed by atoms with Crippen molar-refractivity contribution < 1.29 is 13.9 Å². The van der Waals surface area contributed by atoms with Gasteiger partial charge in [0.25, 0.3) is 0 Å². The molecule has 0 unspecified atom stereocenters. The van der Waals surface area contributed by atoms with E-state index in [1.54, 1.807) is 48.5 Å². The average Bonchev–Trinajstić information content (AvgIpc) is 2.64. The molecule has 0 saturated heterocycles. The summed E-state index contributed by atoms with van der Waals surface area (Å²) in [5.74, 6) is -0.503. The lowest BCUT2D eigenvalue weighted by molar-refractivity contribution is -0.133. The highest BCUT2D eigenvalue weighted by Crippen LogP contribution is 2.44. The molecule has 3 aromatic carbocycles. The number of benzene rings is 3. The second-order valence-electron chi connectivity index (χ2n) is 5.35. The van der Waals surface area contributed by atoms with Crippen LogP contribution in [-0.4, -0.2) is 5.97 Å². The van der Waals surface area contributed by atoms with E-state index in [1.807, 2.05) is 42.5 Å². The van der Waals surface area contributed by atoms with Crippen LogP contribution >= 0.6 is 7.37 Å². The number of hydrogen-bond donors (Lipinski definition) is 0. The largest absolute Gasteiger partial charge is 0.404 e. The molecule has 0 heterocycles. The monoisotopic (exact) mass is 336 g/mol. The van der Waals surface area contributed by atoms with Gasteiger partial charge in [-0.3, -0.25) is 9.36 Å². The maximum absolute atomic E-state index is 13.6. The van der Waals surface area contributed by atoms with Crippen molar-refractivity contribution in [3.63, 3.8) is 0 Å². The first kappa shape index (κ1) is 16.2. The molecule has 0 aliphatic carbocycles. The van der Waals surface area contributed by atoms with Crippen LogP contribution in [0.1, 0.15) is 5.56 Å². The summed E-state index contributed by atoms with van der Waals surface area (Å²) in [7, 11) is -3.47. The zero-order valence-electron chi connectivity index (χ0n) is 13.0. The molecule has 3 aromatic rings. The Morgan fingerprint density at radius 1 is 0.708 bits per heavy atom. The molecule has 3 rings (SSSR count). The van der Waals surface area contributed by atoms with Gasteiger partial charge < -0.3 is 4.52 Å². The highest BCUT2D eigenvalue weighted by atomic mass is 31.2. The summed E-state index contributed by atoms with van der Waals surface area (Å²) in [6, 6.07) is 27.0. The number of carbonyl (C=O) groups excluding carboxylic acids is 1. The van der Waals surface area contributed by atoms with Crippen molar-refractivity contribution in [2.75, 3.05) is 0 Å². The molecule has 0 fully saturated rings. The molecular formula is C20H17O3P. The first-order valence-electron chi connectivity index (χ1n) is 7.66. The van der Waals surface area contributed by atoms with Crippen molar-refractivity contribution in [2.24, 2.45) is 0 Å². The Bertz CT molecular complexity index is 802. The highest BCUT2D eigenvalue weighted by molar-refractivity contribution is 7.74. The molecule has 0 radical (unpaired) electrons. The molecule has 4 heteroatoms. The summed E-state index contributed by atoms with van der Waals surface area (Å²) in [5, 5.41) is 1.02. The quantitative estimate of drug-likeness (QED) is 0.667. The van der Waals surface area contributed by atoms with Gasteiger partial charge >= 0.3 is 13.3 Å². The molecule has 0 N–H and O–H groups in total. The summed E-state index contributed by atoms with van der Waals surface area (Å²) in [6.07, 6.45) is 0.0878.